The lowest BCUT2D eigenvalue weighted by Gasteiger charge is -2.08. The number of furan rings is 1. The molecule has 1 fully saturated rings. The summed E-state index contributed by atoms with van der Waals surface area (Å²) in [5.74, 6) is -0.0919. The first kappa shape index (κ1) is 10.2. The Morgan fingerprint density at radius 2 is 2.33 bits per heavy atom. The van der Waals surface area contributed by atoms with Crippen molar-refractivity contribution < 1.29 is 17.6 Å². The van der Waals surface area contributed by atoms with Crippen LogP contribution in [0.15, 0.2) is 23.0 Å². The lowest BCUT2D eigenvalue weighted by molar-refractivity contribution is 0.0940. The highest BCUT2D eigenvalue weighted by Gasteiger charge is 2.29. The molecule has 6 heteroatoms. The Morgan fingerprint density at radius 1 is 1.53 bits per heavy atom. The molecule has 0 bridgehead atoms. The summed E-state index contributed by atoms with van der Waals surface area (Å²) in [6, 6.07) is 1.27. The van der Waals surface area contributed by atoms with Crippen LogP contribution >= 0.6 is 0 Å². The van der Waals surface area contributed by atoms with Gasteiger partial charge in [0.25, 0.3) is 5.91 Å². The van der Waals surface area contributed by atoms with Gasteiger partial charge in [-0.15, -0.1) is 0 Å². The SMILES string of the molecule is O=C(N[C@@H]1CCS(=O)(=O)C1)c1ccoc1. The van der Waals surface area contributed by atoms with Crippen molar-refractivity contribution in [2.24, 2.45) is 0 Å². The van der Waals surface area contributed by atoms with Gasteiger partial charge in [0.05, 0.1) is 23.3 Å². The Hall–Kier alpha value is -1.30. The molecule has 0 aliphatic carbocycles. The maximum atomic E-state index is 11.5. The van der Waals surface area contributed by atoms with Crippen LogP contribution in [0, 0.1) is 0 Å². The Labute approximate surface area is 87.4 Å². The van der Waals surface area contributed by atoms with E-state index < -0.39 is 9.84 Å². The summed E-state index contributed by atoms with van der Waals surface area (Å²) in [4.78, 5) is 11.5. The molecule has 1 aliphatic rings. The van der Waals surface area contributed by atoms with Crippen molar-refractivity contribution in [3.05, 3.63) is 24.2 Å². The number of nitrogens with one attached hydrogen (secondary N) is 1. The normalized spacial score (nSPS) is 23.9. The van der Waals surface area contributed by atoms with E-state index in [2.05, 4.69) is 5.32 Å². The molecule has 0 unspecified atom stereocenters. The molecule has 15 heavy (non-hydrogen) atoms. The number of amides is 1. The van der Waals surface area contributed by atoms with Gasteiger partial charge in [0.15, 0.2) is 9.84 Å². The summed E-state index contributed by atoms with van der Waals surface area (Å²) in [6.45, 7) is 0. The number of hydrogen-bond acceptors (Lipinski definition) is 4. The third kappa shape index (κ3) is 2.38. The van der Waals surface area contributed by atoms with Crippen molar-refractivity contribution in [3.63, 3.8) is 0 Å². The highest BCUT2D eigenvalue weighted by atomic mass is 32.2. The highest BCUT2D eigenvalue weighted by Crippen LogP contribution is 2.12. The molecule has 2 heterocycles. The molecule has 2 rings (SSSR count). The van der Waals surface area contributed by atoms with Crippen molar-refractivity contribution in [2.75, 3.05) is 11.5 Å². The fraction of sp³-hybridized carbons (Fsp3) is 0.444. The van der Waals surface area contributed by atoms with Gasteiger partial charge in [0.2, 0.25) is 0 Å². The van der Waals surface area contributed by atoms with E-state index in [1.807, 2.05) is 0 Å². The van der Waals surface area contributed by atoms with E-state index in [1.54, 1.807) is 6.07 Å². The predicted molar refractivity (Wildman–Crippen MR) is 53.2 cm³/mol. The number of rotatable bonds is 2. The van der Waals surface area contributed by atoms with Crippen LogP contribution in [0.2, 0.25) is 0 Å². The Balaban J connectivity index is 1.97. The van der Waals surface area contributed by atoms with E-state index >= 15 is 0 Å². The monoisotopic (exact) mass is 229 g/mol. The maximum Gasteiger partial charge on any atom is 0.254 e. The quantitative estimate of drug-likeness (QED) is 0.785. The van der Waals surface area contributed by atoms with Gasteiger partial charge >= 0.3 is 0 Å². The maximum absolute atomic E-state index is 11.5. The molecular formula is C9H11NO4S. The summed E-state index contributed by atoms with van der Waals surface area (Å²) in [5.41, 5.74) is 0.416. The minimum Gasteiger partial charge on any atom is -0.472 e. The van der Waals surface area contributed by atoms with E-state index in [-0.39, 0.29) is 23.5 Å². The minimum absolute atomic E-state index is 0.0383. The van der Waals surface area contributed by atoms with Crippen molar-refractivity contribution in [3.8, 4) is 0 Å². The molecule has 1 N–H and O–H groups in total. The van der Waals surface area contributed by atoms with Gasteiger partial charge < -0.3 is 9.73 Å². The first-order valence-corrected chi connectivity index (χ1v) is 6.42. The molecule has 1 aliphatic heterocycles. The molecular weight excluding hydrogens is 218 g/mol. The fourth-order valence-electron chi connectivity index (χ4n) is 1.57. The van der Waals surface area contributed by atoms with Crippen LogP contribution < -0.4 is 5.32 Å². The lowest BCUT2D eigenvalue weighted by atomic mass is 10.2. The highest BCUT2D eigenvalue weighted by molar-refractivity contribution is 7.91. The molecule has 1 aromatic rings. The first-order valence-electron chi connectivity index (χ1n) is 4.60. The van der Waals surface area contributed by atoms with Crippen LogP contribution in [0.1, 0.15) is 16.8 Å². The molecule has 1 atom stereocenters. The van der Waals surface area contributed by atoms with E-state index in [0.717, 1.165) is 0 Å². The van der Waals surface area contributed by atoms with Crippen LogP contribution in [0.4, 0.5) is 0 Å². The van der Waals surface area contributed by atoms with E-state index in [9.17, 15) is 13.2 Å². The molecule has 5 nitrogen and oxygen atoms in total. The lowest BCUT2D eigenvalue weighted by Crippen LogP contribution is -2.35. The molecule has 82 valence electrons. The molecule has 0 radical (unpaired) electrons. The van der Waals surface area contributed by atoms with Gasteiger partial charge in [-0.2, -0.15) is 0 Å². The van der Waals surface area contributed by atoms with Crippen LogP contribution in [0.25, 0.3) is 0 Å². The molecule has 0 aromatic carbocycles. The average molecular weight is 229 g/mol. The predicted octanol–water partition coefficient (Wildman–Crippen LogP) is 0.196. The zero-order valence-electron chi connectivity index (χ0n) is 7.97. The smallest absolute Gasteiger partial charge is 0.254 e. The van der Waals surface area contributed by atoms with Gasteiger partial charge in [-0.3, -0.25) is 4.79 Å². The largest absolute Gasteiger partial charge is 0.472 e. The van der Waals surface area contributed by atoms with Crippen molar-refractivity contribution in [1.29, 1.82) is 0 Å². The van der Waals surface area contributed by atoms with Crippen LogP contribution in [0.3, 0.4) is 0 Å². The second kappa shape index (κ2) is 3.69. The molecule has 0 saturated carbocycles. The molecule has 1 saturated heterocycles. The van der Waals surface area contributed by atoms with Gasteiger partial charge in [0.1, 0.15) is 6.26 Å². The van der Waals surface area contributed by atoms with E-state index in [4.69, 9.17) is 4.42 Å². The van der Waals surface area contributed by atoms with E-state index in [0.29, 0.717) is 12.0 Å². The number of sulfone groups is 1. The minimum atomic E-state index is -2.95. The third-order valence-electron chi connectivity index (χ3n) is 2.35. The second-order valence-corrected chi connectivity index (χ2v) is 5.81. The second-order valence-electron chi connectivity index (χ2n) is 3.59. The summed E-state index contributed by atoms with van der Waals surface area (Å²) >= 11 is 0. The fourth-order valence-corrected chi connectivity index (χ4v) is 3.24. The average Bonchev–Trinajstić information content (AvgIpc) is 2.74. The first-order chi connectivity index (χ1) is 7.07. The van der Waals surface area contributed by atoms with Gasteiger partial charge in [-0.25, -0.2) is 8.42 Å². The standard InChI is InChI=1S/C9H11NO4S/c11-9(7-1-3-14-5-7)10-8-2-4-15(12,13)6-8/h1,3,5,8H,2,4,6H2,(H,10,11)/t8-/m1/s1. The van der Waals surface area contributed by atoms with Crippen LogP contribution in [-0.4, -0.2) is 31.9 Å². The van der Waals surface area contributed by atoms with Crippen LogP contribution in [0.5, 0.6) is 0 Å². The number of carbonyl (C=O) groups is 1. The number of carbonyl (C=O) groups excluding carboxylic acids is 1. The summed E-state index contributed by atoms with van der Waals surface area (Å²) in [5, 5.41) is 2.66. The van der Waals surface area contributed by atoms with E-state index in [1.165, 1.54) is 12.5 Å². The van der Waals surface area contributed by atoms with Gasteiger partial charge in [-0.05, 0) is 12.5 Å². The van der Waals surface area contributed by atoms with Crippen molar-refractivity contribution in [1.82, 2.24) is 5.32 Å². The van der Waals surface area contributed by atoms with Crippen LogP contribution in [-0.2, 0) is 9.84 Å². The van der Waals surface area contributed by atoms with Gasteiger partial charge in [-0.1, -0.05) is 0 Å². The zero-order valence-corrected chi connectivity index (χ0v) is 8.79. The summed E-state index contributed by atoms with van der Waals surface area (Å²) in [7, 11) is -2.95. The molecule has 1 aromatic heterocycles. The van der Waals surface area contributed by atoms with Crippen molar-refractivity contribution >= 4 is 15.7 Å². The summed E-state index contributed by atoms with van der Waals surface area (Å²) in [6.07, 6.45) is 3.23. The number of hydrogen-bond donors (Lipinski definition) is 1. The molecule has 1 amide bonds. The Bertz CT molecular complexity index is 448. The Kier molecular flexibility index (Phi) is 2.52. The molecule has 0 spiro atoms. The summed E-state index contributed by atoms with van der Waals surface area (Å²) < 4.78 is 27.0. The third-order valence-corrected chi connectivity index (χ3v) is 4.12. The topological polar surface area (TPSA) is 76.4 Å². The zero-order chi connectivity index (χ0) is 10.9. The Morgan fingerprint density at radius 3 is 2.87 bits per heavy atom. The van der Waals surface area contributed by atoms with Crippen molar-refractivity contribution in [2.45, 2.75) is 12.5 Å². The van der Waals surface area contributed by atoms with Gasteiger partial charge in [0, 0.05) is 6.04 Å².